The summed E-state index contributed by atoms with van der Waals surface area (Å²) in [6.07, 6.45) is 0. The molecule has 0 aromatic rings. The number of rotatable bonds is 0. The zero-order valence-electron chi connectivity index (χ0n) is 5.92. The van der Waals surface area contributed by atoms with Gasteiger partial charge in [-0.15, -0.1) is 0 Å². The van der Waals surface area contributed by atoms with E-state index < -0.39 is 0 Å². The van der Waals surface area contributed by atoms with Gasteiger partial charge in [-0.2, -0.15) is 0 Å². The van der Waals surface area contributed by atoms with Crippen molar-refractivity contribution in [3.05, 3.63) is 11.5 Å². The highest BCUT2D eigenvalue weighted by Crippen LogP contribution is 2.27. The molecule has 1 saturated heterocycles. The van der Waals surface area contributed by atoms with Gasteiger partial charge in [0, 0.05) is 14.1 Å². The Morgan fingerprint density at radius 1 is 1.70 bits per heavy atom. The molecule has 3 nitrogen and oxygen atoms in total. The molecule has 0 bridgehead atoms. The molecule has 0 aromatic carbocycles. The largest absolute Gasteiger partial charge is 0.290 e. The van der Waals surface area contributed by atoms with Crippen LogP contribution in [-0.2, 0) is 4.79 Å². The Morgan fingerprint density at radius 2 is 2.30 bits per heavy atom. The number of likely N-dealkylation sites (N-methyl/N-ethyl adjacent to an activating group) is 1. The third-order valence-corrected chi connectivity index (χ3v) is 2.30. The molecule has 10 heavy (non-hydrogen) atoms. The SMILES string of the molecule is C=C1SC(=NC)N(C)C1=O. The Balaban J connectivity index is 2.92. The maximum absolute atomic E-state index is 11.0. The smallest absolute Gasteiger partial charge is 0.265 e. The van der Waals surface area contributed by atoms with Crippen LogP contribution in [-0.4, -0.2) is 30.1 Å². The summed E-state index contributed by atoms with van der Waals surface area (Å²) in [7, 11) is 3.35. The van der Waals surface area contributed by atoms with Crippen molar-refractivity contribution in [2.75, 3.05) is 14.1 Å². The molecule has 0 aromatic heterocycles. The molecular weight excluding hydrogens is 148 g/mol. The molecule has 1 fully saturated rings. The number of hydrogen-bond donors (Lipinski definition) is 0. The van der Waals surface area contributed by atoms with E-state index in [1.165, 1.54) is 16.7 Å². The van der Waals surface area contributed by atoms with E-state index in [4.69, 9.17) is 0 Å². The summed E-state index contributed by atoms with van der Waals surface area (Å²) < 4.78 is 0. The number of carbonyl (C=O) groups is 1. The topological polar surface area (TPSA) is 32.7 Å². The number of aliphatic imine (C=N–C) groups is 1. The van der Waals surface area contributed by atoms with Crippen molar-refractivity contribution in [3.8, 4) is 0 Å². The Kier molecular flexibility index (Phi) is 1.80. The number of carbonyl (C=O) groups excluding carboxylic acids is 1. The summed E-state index contributed by atoms with van der Waals surface area (Å²) in [6.45, 7) is 3.57. The molecule has 1 aliphatic rings. The average Bonchev–Trinajstić information content (AvgIpc) is 2.17. The molecule has 0 spiro atoms. The molecule has 54 valence electrons. The van der Waals surface area contributed by atoms with Crippen molar-refractivity contribution in [2.45, 2.75) is 0 Å². The van der Waals surface area contributed by atoms with Crippen molar-refractivity contribution >= 4 is 22.8 Å². The minimum absolute atomic E-state index is 0.0504. The lowest BCUT2D eigenvalue weighted by molar-refractivity contribution is -0.121. The van der Waals surface area contributed by atoms with Crippen molar-refractivity contribution in [2.24, 2.45) is 4.99 Å². The fourth-order valence-electron chi connectivity index (χ4n) is 0.692. The highest BCUT2D eigenvalue weighted by molar-refractivity contribution is 8.18. The molecule has 0 saturated carbocycles. The molecule has 0 atom stereocenters. The summed E-state index contributed by atoms with van der Waals surface area (Å²) in [6, 6.07) is 0. The highest BCUT2D eigenvalue weighted by atomic mass is 32.2. The zero-order valence-corrected chi connectivity index (χ0v) is 6.73. The number of nitrogens with zero attached hydrogens (tertiary/aromatic N) is 2. The van der Waals surface area contributed by atoms with Gasteiger partial charge < -0.3 is 0 Å². The first-order valence-corrected chi connectivity index (χ1v) is 3.60. The summed E-state index contributed by atoms with van der Waals surface area (Å²) in [5, 5.41) is 0.718. The lowest BCUT2D eigenvalue weighted by atomic mass is 10.5. The second-order valence-electron chi connectivity index (χ2n) is 1.90. The molecule has 0 unspecified atom stereocenters. The molecule has 0 aliphatic carbocycles. The lowest BCUT2D eigenvalue weighted by Crippen LogP contribution is -2.23. The predicted molar refractivity (Wildman–Crippen MR) is 42.9 cm³/mol. The van der Waals surface area contributed by atoms with Crippen LogP contribution in [0.3, 0.4) is 0 Å². The summed E-state index contributed by atoms with van der Waals surface area (Å²) in [4.78, 5) is 16.9. The van der Waals surface area contributed by atoms with Gasteiger partial charge >= 0.3 is 0 Å². The molecule has 1 amide bonds. The molecule has 4 heteroatoms. The van der Waals surface area contributed by atoms with E-state index in [-0.39, 0.29) is 5.91 Å². The van der Waals surface area contributed by atoms with Crippen LogP contribution < -0.4 is 0 Å². The Labute approximate surface area is 63.8 Å². The molecule has 0 radical (unpaired) electrons. The standard InChI is InChI=1S/C6H8N2OS/c1-4-5(9)8(3)6(7-2)10-4/h1H2,2-3H3. The van der Waals surface area contributed by atoms with Crippen LogP contribution in [0.1, 0.15) is 0 Å². The van der Waals surface area contributed by atoms with Crippen LogP contribution in [0.15, 0.2) is 16.5 Å². The van der Waals surface area contributed by atoms with Crippen LogP contribution >= 0.6 is 11.8 Å². The average molecular weight is 156 g/mol. The Bertz CT molecular complexity index is 222. The van der Waals surface area contributed by atoms with E-state index in [1.54, 1.807) is 14.1 Å². The van der Waals surface area contributed by atoms with Crippen molar-refractivity contribution in [3.63, 3.8) is 0 Å². The molecule has 0 N–H and O–H groups in total. The van der Waals surface area contributed by atoms with Gasteiger partial charge in [0.05, 0.1) is 4.91 Å². The minimum atomic E-state index is -0.0504. The second-order valence-corrected chi connectivity index (χ2v) is 2.96. The first kappa shape index (κ1) is 7.34. The van der Waals surface area contributed by atoms with Crippen LogP contribution in [0.2, 0.25) is 0 Å². The first-order chi connectivity index (χ1) is 4.66. The van der Waals surface area contributed by atoms with E-state index in [1.807, 2.05) is 0 Å². The van der Waals surface area contributed by atoms with Gasteiger partial charge in [-0.05, 0) is 11.8 Å². The van der Waals surface area contributed by atoms with Gasteiger partial charge in [-0.3, -0.25) is 14.7 Å². The maximum atomic E-state index is 11.0. The highest BCUT2D eigenvalue weighted by Gasteiger charge is 2.27. The molecule has 1 heterocycles. The van der Waals surface area contributed by atoms with Crippen LogP contribution in [0.25, 0.3) is 0 Å². The number of amidine groups is 1. The third-order valence-electron chi connectivity index (χ3n) is 1.24. The van der Waals surface area contributed by atoms with Crippen molar-refractivity contribution < 1.29 is 4.79 Å². The zero-order chi connectivity index (χ0) is 7.72. The van der Waals surface area contributed by atoms with Crippen molar-refractivity contribution in [1.82, 2.24) is 4.90 Å². The quantitative estimate of drug-likeness (QED) is 0.483. The molecular formula is C6H8N2OS. The van der Waals surface area contributed by atoms with E-state index >= 15 is 0 Å². The second kappa shape index (κ2) is 2.46. The maximum Gasteiger partial charge on any atom is 0.265 e. The van der Waals surface area contributed by atoms with Gasteiger partial charge in [0.2, 0.25) is 0 Å². The van der Waals surface area contributed by atoms with Crippen molar-refractivity contribution in [1.29, 1.82) is 0 Å². The Hall–Kier alpha value is -0.770. The summed E-state index contributed by atoms with van der Waals surface area (Å²) in [5.41, 5.74) is 0. The molecule has 1 aliphatic heterocycles. The monoisotopic (exact) mass is 156 g/mol. The van der Waals surface area contributed by atoms with E-state index in [9.17, 15) is 4.79 Å². The van der Waals surface area contributed by atoms with Gasteiger partial charge in [0.1, 0.15) is 0 Å². The first-order valence-electron chi connectivity index (χ1n) is 2.78. The number of hydrogen-bond acceptors (Lipinski definition) is 3. The van der Waals surface area contributed by atoms with Gasteiger partial charge in [-0.25, -0.2) is 0 Å². The van der Waals surface area contributed by atoms with Gasteiger partial charge in [-0.1, -0.05) is 6.58 Å². The minimum Gasteiger partial charge on any atom is -0.290 e. The number of thioether (sulfide) groups is 1. The van der Waals surface area contributed by atoms with Gasteiger partial charge in [0.15, 0.2) is 5.17 Å². The predicted octanol–water partition coefficient (Wildman–Crippen LogP) is 0.691. The van der Waals surface area contributed by atoms with Gasteiger partial charge in [0.25, 0.3) is 5.91 Å². The lowest BCUT2D eigenvalue weighted by Gasteiger charge is -2.04. The fraction of sp³-hybridized carbons (Fsp3) is 0.333. The third kappa shape index (κ3) is 0.945. The van der Waals surface area contributed by atoms with E-state index in [0.717, 1.165) is 5.17 Å². The Morgan fingerprint density at radius 3 is 2.50 bits per heavy atom. The van der Waals surface area contributed by atoms with Crippen LogP contribution in [0.4, 0.5) is 0 Å². The van der Waals surface area contributed by atoms with Crippen LogP contribution in [0, 0.1) is 0 Å². The van der Waals surface area contributed by atoms with E-state index in [0.29, 0.717) is 4.91 Å². The summed E-state index contributed by atoms with van der Waals surface area (Å²) >= 11 is 1.31. The fourth-order valence-corrected chi connectivity index (χ4v) is 1.45. The number of amides is 1. The van der Waals surface area contributed by atoms with E-state index in [2.05, 4.69) is 11.6 Å². The molecule has 1 rings (SSSR count). The van der Waals surface area contributed by atoms with Crippen LogP contribution in [0.5, 0.6) is 0 Å². The normalized spacial score (nSPS) is 23.0. The summed E-state index contributed by atoms with van der Waals surface area (Å²) in [5.74, 6) is -0.0504.